The number of nitrogens with zero attached hydrogens (tertiary/aromatic N) is 2. The van der Waals surface area contributed by atoms with E-state index >= 15 is 0 Å². The third-order valence-corrected chi connectivity index (χ3v) is 5.17. The molecule has 1 aliphatic rings. The molecule has 7 nitrogen and oxygen atoms in total. The van der Waals surface area contributed by atoms with Gasteiger partial charge in [0.05, 0.1) is 23.2 Å². The smallest absolute Gasteiger partial charge is 0.270 e. The summed E-state index contributed by atoms with van der Waals surface area (Å²) >= 11 is 0. The highest BCUT2D eigenvalue weighted by molar-refractivity contribution is 6.83. The van der Waals surface area contributed by atoms with Gasteiger partial charge in [-0.2, -0.15) is 0 Å². The van der Waals surface area contributed by atoms with Crippen LogP contribution < -0.4 is 0 Å². The highest BCUT2D eigenvalue weighted by atomic mass is 28.3. The van der Waals surface area contributed by atoms with Gasteiger partial charge in [0, 0.05) is 35.7 Å². The van der Waals surface area contributed by atoms with E-state index in [1.807, 2.05) is 10.8 Å². The number of benzene rings is 1. The molecule has 1 aromatic carbocycles. The van der Waals surface area contributed by atoms with Crippen molar-refractivity contribution in [2.45, 2.75) is 44.5 Å². The van der Waals surface area contributed by atoms with E-state index in [9.17, 15) is 20.3 Å². The van der Waals surface area contributed by atoms with Crippen LogP contribution >= 0.6 is 0 Å². The van der Waals surface area contributed by atoms with Crippen LogP contribution in [-0.4, -0.2) is 46.6 Å². The van der Waals surface area contributed by atoms with Crippen molar-refractivity contribution in [1.82, 2.24) is 4.57 Å². The number of fused-ring (bicyclic) bond motifs is 1. The Bertz CT molecular complexity index is 906. The highest BCUT2D eigenvalue weighted by Crippen LogP contribution is 2.34. The minimum Gasteiger partial charge on any atom is -0.394 e. The van der Waals surface area contributed by atoms with Crippen LogP contribution in [0.5, 0.6) is 0 Å². The first-order valence-electron chi connectivity index (χ1n) is 8.46. The van der Waals surface area contributed by atoms with Gasteiger partial charge in [-0.1, -0.05) is 25.6 Å². The number of hydrogen-bond acceptors (Lipinski definition) is 5. The van der Waals surface area contributed by atoms with Crippen molar-refractivity contribution in [1.29, 1.82) is 0 Å². The summed E-state index contributed by atoms with van der Waals surface area (Å²) in [6.45, 7) is 6.13. The van der Waals surface area contributed by atoms with E-state index in [2.05, 4.69) is 31.1 Å². The van der Waals surface area contributed by atoms with Crippen LogP contribution in [0.4, 0.5) is 5.69 Å². The quantitative estimate of drug-likeness (QED) is 0.372. The summed E-state index contributed by atoms with van der Waals surface area (Å²) in [4.78, 5) is 10.7. The van der Waals surface area contributed by atoms with E-state index in [-0.39, 0.29) is 12.3 Å². The molecule has 1 fully saturated rings. The number of aromatic nitrogens is 1. The SMILES string of the molecule is C[Si](C)(C)C#Cc1cn([C@H]2C[C@@H](O)[C@@H](CO)O2)c2ccc([N+](=O)[O-])cc12. The van der Waals surface area contributed by atoms with Crippen molar-refractivity contribution in [3.05, 3.63) is 40.1 Å². The number of ether oxygens (including phenoxy) is 1. The van der Waals surface area contributed by atoms with Crippen LogP contribution in [0, 0.1) is 21.6 Å². The lowest BCUT2D eigenvalue weighted by atomic mass is 10.1. The van der Waals surface area contributed by atoms with Crippen LogP contribution in [0.15, 0.2) is 24.4 Å². The van der Waals surface area contributed by atoms with Crippen LogP contribution in [-0.2, 0) is 4.74 Å². The average molecular weight is 374 g/mol. The zero-order valence-electron chi connectivity index (χ0n) is 15.0. The van der Waals surface area contributed by atoms with E-state index in [0.29, 0.717) is 17.4 Å². The number of aliphatic hydroxyl groups is 2. The lowest BCUT2D eigenvalue weighted by Crippen LogP contribution is -2.24. The Labute approximate surface area is 152 Å². The zero-order valence-corrected chi connectivity index (χ0v) is 16.0. The van der Waals surface area contributed by atoms with Crippen molar-refractivity contribution in [3.63, 3.8) is 0 Å². The maximum absolute atomic E-state index is 11.1. The summed E-state index contributed by atoms with van der Waals surface area (Å²) in [6, 6.07) is 4.65. The van der Waals surface area contributed by atoms with Gasteiger partial charge in [-0.05, 0) is 6.07 Å². The fraction of sp³-hybridized carbons (Fsp3) is 0.444. The molecule has 0 aliphatic carbocycles. The fourth-order valence-corrected chi connectivity index (χ4v) is 3.51. The zero-order chi connectivity index (χ0) is 19.1. The fourth-order valence-electron chi connectivity index (χ4n) is 3.00. The Hall–Kier alpha value is -2.18. The van der Waals surface area contributed by atoms with Crippen molar-refractivity contribution in [2.24, 2.45) is 0 Å². The summed E-state index contributed by atoms with van der Waals surface area (Å²) in [7, 11) is -1.62. The molecule has 138 valence electrons. The van der Waals surface area contributed by atoms with Gasteiger partial charge in [0.25, 0.3) is 5.69 Å². The molecule has 2 heterocycles. The van der Waals surface area contributed by atoms with Gasteiger partial charge in [0.1, 0.15) is 20.4 Å². The van der Waals surface area contributed by atoms with E-state index in [0.717, 1.165) is 5.52 Å². The average Bonchev–Trinajstić information content (AvgIpc) is 3.11. The monoisotopic (exact) mass is 374 g/mol. The second-order valence-corrected chi connectivity index (χ2v) is 12.3. The van der Waals surface area contributed by atoms with E-state index in [4.69, 9.17) is 4.74 Å². The molecule has 2 aromatic rings. The number of hydrogen-bond donors (Lipinski definition) is 2. The third-order valence-electron chi connectivity index (χ3n) is 4.29. The molecule has 3 atom stereocenters. The Morgan fingerprint density at radius 1 is 1.42 bits per heavy atom. The Morgan fingerprint density at radius 3 is 2.73 bits per heavy atom. The number of nitro benzene ring substituents is 1. The standard InChI is InChI=1S/C18H22N2O5Si/c1-26(2,3)7-6-12-10-19(18-9-16(22)17(11-21)25-18)15-5-4-13(20(23)24)8-14(12)15/h4-5,8,10,16-18,21-22H,9,11H2,1-3H3/t16-,17-,18-/m1/s1. The van der Waals surface area contributed by atoms with Gasteiger partial charge in [-0.3, -0.25) is 10.1 Å². The predicted octanol–water partition coefficient (Wildman–Crippen LogP) is 2.42. The summed E-state index contributed by atoms with van der Waals surface area (Å²) < 4.78 is 7.58. The number of aliphatic hydroxyl groups excluding tert-OH is 2. The molecule has 0 bridgehead atoms. The molecule has 0 amide bonds. The van der Waals surface area contributed by atoms with Crippen molar-refractivity contribution >= 4 is 24.7 Å². The minimum absolute atomic E-state index is 0.00640. The molecule has 3 rings (SSSR count). The topological polar surface area (TPSA) is 97.8 Å². The largest absolute Gasteiger partial charge is 0.394 e. The lowest BCUT2D eigenvalue weighted by molar-refractivity contribution is -0.384. The minimum atomic E-state index is -1.62. The maximum atomic E-state index is 11.1. The molecule has 26 heavy (non-hydrogen) atoms. The van der Waals surface area contributed by atoms with Gasteiger partial charge < -0.3 is 19.5 Å². The number of nitro groups is 1. The van der Waals surface area contributed by atoms with Crippen LogP contribution in [0.1, 0.15) is 18.2 Å². The number of rotatable bonds is 3. The number of non-ortho nitro benzene ring substituents is 1. The first-order chi connectivity index (χ1) is 12.2. The van der Waals surface area contributed by atoms with Gasteiger partial charge in [0.15, 0.2) is 0 Å². The lowest BCUT2D eigenvalue weighted by Gasteiger charge is -2.14. The van der Waals surface area contributed by atoms with Gasteiger partial charge in [0.2, 0.25) is 0 Å². The van der Waals surface area contributed by atoms with E-state index < -0.39 is 31.4 Å². The summed E-state index contributed by atoms with van der Waals surface area (Å²) in [5.41, 5.74) is 4.75. The van der Waals surface area contributed by atoms with E-state index in [1.54, 1.807) is 6.07 Å². The summed E-state index contributed by atoms with van der Waals surface area (Å²) in [5, 5.41) is 31.2. The second-order valence-electron chi connectivity index (χ2n) is 7.52. The van der Waals surface area contributed by atoms with Crippen molar-refractivity contribution < 1.29 is 19.9 Å². The second kappa shape index (κ2) is 6.85. The van der Waals surface area contributed by atoms with Gasteiger partial charge >= 0.3 is 0 Å². The molecule has 8 heteroatoms. The summed E-state index contributed by atoms with van der Waals surface area (Å²) in [5.74, 6) is 3.17. The van der Waals surface area contributed by atoms with Crippen LogP contribution in [0.25, 0.3) is 10.9 Å². The molecule has 1 saturated heterocycles. The van der Waals surface area contributed by atoms with E-state index in [1.165, 1.54) is 12.1 Å². The molecule has 1 aromatic heterocycles. The van der Waals surface area contributed by atoms with Gasteiger partial charge in [-0.15, -0.1) is 5.54 Å². The Morgan fingerprint density at radius 2 is 2.15 bits per heavy atom. The third kappa shape index (κ3) is 3.66. The molecule has 0 saturated carbocycles. The molecule has 1 aliphatic heterocycles. The normalized spacial score (nSPS) is 23.0. The van der Waals surface area contributed by atoms with Gasteiger partial charge in [-0.25, -0.2) is 0 Å². The Balaban J connectivity index is 2.12. The summed E-state index contributed by atoms with van der Waals surface area (Å²) in [6.07, 6.45) is 0.323. The molecule has 2 N–H and O–H groups in total. The van der Waals surface area contributed by atoms with Crippen LogP contribution in [0.3, 0.4) is 0 Å². The molecular formula is C18H22N2O5Si. The first kappa shape index (κ1) is 18.6. The molecular weight excluding hydrogens is 352 g/mol. The first-order valence-corrected chi connectivity index (χ1v) is 12.0. The highest BCUT2D eigenvalue weighted by Gasteiger charge is 2.35. The van der Waals surface area contributed by atoms with Crippen molar-refractivity contribution in [2.75, 3.05) is 6.61 Å². The molecule has 0 unspecified atom stereocenters. The molecule has 0 spiro atoms. The van der Waals surface area contributed by atoms with Crippen LogP contribution in [0.2, 0.25) is 19.6 Å². The maximum Gasteiger partial charge on any atom is 0.270 e. The van der Waals surface area contributed by atoms with Crippen molar-refractivity contribution in [3.8, 4) is 11.5 Å². The molecule has 0 radical (unpaired) electrons. The Kier molecular flexibility index (Phi) is 4.90. The predicted molar refractivity (Wildman–Crippen MR) is 100 cm³/mol.